The highest BCUT2D eigenvalue weighted by Crippen LogP contribution is 2.40. The number of H-pyrrole nitrogens is 1. The van der Waals surface area contributed by atoms with Gasteiger partial charge in [0.1, 0.15) is 11.6 Å². The van der Waals surface area contributed by atoms with Crippen LogP contribution in [0, 0.1) is 20.8 Å². The van der Waals surface area contributed by atoms with E-state index in [9.17, 15) is 0 Å². The number of nitrogens with zero attached hydrogens (tertiary/aromatic N) is 1. The van der Waals surface area contributed by atoms with Gasteiger partial charge in [0.25, 0.3) is 0 Å². The van der Waals surface area contributed by atoms with Gasteiger partial charge in [-0.2, -0.15) is 5.10 Å². The molecule has 0 fully saturated rings. The summed E-state index contributed by atoms with van der Waals surface area (Å²) in [6.45, 7) is 5.99. The van der Waals surface area contributed by atoms with E-state index in [0.717, 1.165) is 33.7 Å². The van der Waals surface area contributed by atoms with E-state index in [1.807, 2.05) is 20.8 Å². The SMILES string of the molecule is COc1c(C)c(C)c(-c2cc(N)n[nH]2)c(C)c1Cl. The first-order chi connectivity index (χ1) is 8.47. The monoisotopic (exact) mass is 265 g/mol. The van der Waals surface area contributed by atoms with Gasteiger partial charge in [0.05, 0.1) is 17.8 Å². The minimum absolute atomic E-state index is 0.466. The maximum absolute atomic E-state index is 6.34. The van der Waals surface area contributed by atoms with Gasteiger partial charge in [0.15, 0.2) is 0 Å². The first-order valence-corrected chi connectivity index (χ1v) is 5.99. The Morgan fingerprint density at radius 3 is 2.39 bits per heavy atom. The van der Waals surface area contributed by atoms with Crippen molar-refractivity contribution in [1.29, 1.82) is 0 Å². The summed E-state index contributed by atoms with van der Waals surface area (Å²) in [6.07, 6.45) is 0. The van der Waals surface area contributed by atoms with E-state index >= 15 is 0 Å². The summed E-state index contributed by atoms with van der Waals surface area (Å²) in [5.74, 6) is 1.19. The quantitative estimate of drug-likeness (QED) is 0.876. The Bertz CT molecular complexity index is 576. The number of hydrogen-bond donors (Lipinski definition) is 2. The molecule has 0 aliphatic heterocycles. The molecule has 0 spiro atoms. The normalized spacial score (nSPS) is 10.7. The van der Waals surface area contributed by atoms with Crippen LogP contribution in [0.25, 0.3) is 11.3 Å². The molecule has 2 aromatic rings. The van der Waals surface area contributed by atoms with E-state index in [0.29, 0.717) is 10.8 Å². The second-order valence-electron chi connectivity index (χ2n) is 4.30. The summed E-state index contributed by atoms with van der Waals surface area (Å²) in [4.78, 5) is 0. The lowest BCUT2D eigenvalue weighted by molar-refractivity contribution is 0.411. The highest BCUT2D eigenvalue weighted by atomic mass is 35.5. The number of aromatic nitrogens is 2. The minimum Gasteiger partial charge on any atom is -0.495 e. The number of rotatable bonds is 2. The molecule has 0 saturated carbocycles. The molecule has 1 aromatic carbocycles. The van der Waals surface area contributed by atoms with Crippen molar-refractivity contribution in [2.45, 2.75) is 20.8 Å². The van der Waals surface area contributed by atoms with Gasteiger partial charge in [-0.25, -0.2) is 0 Å². The highest BCUT2D eigenvalue weighted by molar-refractivity contribution is 6.33. The second-order valence-corrected chi connectivity index (χ2v) is 4.68. The fourth-order valence-electron chi connectivity index (χ4n) is 2.20. The molecule has 3 N–H and O–H groups in total. The Morgan fingerprint density at radius 1 is 1.22 bits per heavy atom. The smallest absolute Gasteiger partial charge is 0.145 e. The van der Waals surface area contributed by atoms with Gasteiger partial charge in [-0.3, -0.25) is 5.10 Å². The summed E-state index contributed by atoms with van der Waals surface area (Å²) in [7, 11) is 1.63. The molecule has 4 nitrogen and oxygen atoms in total. The fraction of sp³-hybridized carbons (Fsp3) is 0.308. The molecule has 0 amide bonds. The Morgan fingerprint density at radius 2 is 1.89 bits per heavy atom. The molecule has 0 unspecified atom stereocenters. The van der Waals surface area contributed by atoms with E-state index in [2.05, 4.69) is 10.2 Å². The standard InChI is InChI=1S/C13H16ClN3O/c1-6-7(2)13(18-4)12(14)8(3)11(6)9-5-10(15)17-16-9/h5H,1-4H3,(H3,15,16,17). The molecule has 0 aliphatic rings. The summed E-state index contributed by atoms with van der Waals surface area (Å²) in [5, 5.41) is 7.50. The molecule has 0 saturated heterocycles. The van der Waals surface area contributed by atoms with Crippen LogP contribution in [-0.2, 0) is 0 Å². The van der Waals surface area contributed by atoms with Crippen LogP contribution in [0.1, 0.15) is 16.7 Å². The van der Waals surface area contributed by atoms with Crippen LogP contribution in [0.4, 0.5) is 5.82 Å². The fourth-order valence-corrected chi connectivity index (χ4v) is 2.51. The average molecular weight is 266 g/mol. The topological polar surface area (TPSA) is 63.9 Å². The maximum atomic E-state index is 6.34. The molecule has 2 rings (SSSR count). The van der Waals surface area contributed by atoms with E-state index in [-0.39, 0.29) is 0 Å². The number of nitrogen functional groups attached to an aromatic ring is 1. The van der Waals surface area contributed by atoms with E-state index in [1.54, 1.807) is 13.2 Å². The van der Waals surface area contributed by atoms with Crippen molar-refractivity contribution in [3.8, 4) is 17.0 Å². The zero-order chi connectivity index (χ0) is 13.4. The first kappa shape index (κ1) is 12.8. The predicted octanol–water partition coefficient (Wildman–Crippen LogP) is 3.25. The highest BCUT2D eigenvalue weighted by Gasteiger charge is 2.18. The molecular formula is C13H16ClN3O. The molecule has 1 heterocycles. The number of methoxy groups -OCH3 is 1. The molecule has 5 heteroatoms. The van der Waals surface area contributed by atoms with Gasteiger partial charge in [-0.15, -0.1) is 0 Å². The van der Waals surface area contributed by atoms with E-state index < -0.39 is 0 Å². The summed E-state index contributed by atoms with van der Waals surface area (Å²) >= 11 is 6.34. The Hall–Kier alpha value is -1.68. The number of anilines is 1. The van der Waals surface area contributed by atoms with Gasteiger partial charge in [0.2, 0.25) is 0 Å². The van der Waals surface area contributed by atoms with Crippen LogP contribution < -0.4 is 10.5 Å². The van der Waals surface area contributed by atoms with Gasteiger partial charge < -0.3 is 10.5 Å². The number of halogens is 1. The molecule has 0 radical (unpaired) electrons. The van der Waals surface area contributed by atoms with Gasteiger partial charge in [-0.1, -0.05) is 11.6 Å². The van der Waals surface area contributed by atoms with Crippen molar-refractivity contribution >= 4 is 17.4 Å². The lowest BCUT2D eigenvalue weighted by Gasteiger charge is -2.17. The van der Waals surface area contributed by atoms with Crippen molar-refractivity contribution in [2.24, 2.45) is 0 Å². The number of nitrogens with one attached hydrogen (secondary N) is 1. The number of nitrogens with two attached hydrogens (primary N) is 1. The molecule has 0 bridgehead atoms. The molecule has 0 atom stereocenters. The summed E-state index contributed by atoms with van der Waals surface area (Å²) in [6, 6.07) is 1.80. The van der Waals surface area contributed by atoms with Crippen LogP contribution in [0.2, 0.25) is 5.02 Å². The molecule has 1 aromatic heterocycles. The van der Waals surface area contributed by atoms with Crippen LogP contribution in [0.3, 0.4) is 0 Å². The van der Waals surface area contributed by atoms with Crippen LogP contribution in [0.5, 0.6) is 5.75 Å². The minimum atomic E-state index is 0.466. The van der Waals surface area contributed by atoms with Gasteiger partial charge in [0, 0.05) is 11.6 Å². The largest absolute Gasteiger partial charge is 0.495 e. The number of aromatic amines is 1. The Balaban J connectivity index is 2.76. The van der Waals surface area contributed by atoms with E-state index in [4.69, 9.17) is 22.1 Å². The third-order valence-electron chi connectivity index (χ3n) is 3.25. The second kappa shape index (κ2) is 4.53. The Kier molecular flexibility index (Phi) is 3.22. The summed E-state index contributed by atoms with van der Waals surface area (Å²) in [5.41, 5.74) is 10.6. The lowest BCUT2D eigenvalue weighted by atomic mass is 9.95. The van der Waals surface area contributed by atoms with Crippen molar-refractivity contribution in [1.82, 2.24) is 10.2 Å². The van der Waals surface area contributed by atoms with Crippen molar-refractivity contribution < 1.29 is 4.74 Å². The molecule has 18 heavy (non-hydrogen) atoms. The van der Waals surface area contributed by atoms with Crippen molar-refractivity contribution in [3.05, 3.63) is 27.8 Å². The molecule has 0 aliphatic carbocycles. The van der Waals surface area contributed by atoms with Crippen molar-refractivity contribution in [2.75, 3.05) is 12.8 Å². The van der Waals surface area contributed by atoms with Crippen LogP contribution >= 0.6 is 11.6 Å². The van der Waals surface area contributed by atoms with Crippen molar-refractivity contribution in [3.63, 3.8) is 0 Å². The van der Waals surface area contributed by atoms with Gasteiger partial charge >= 0.3 is 0 Å². The zero-order valence-electron chi connectivity index (χ0n) is 10.9. The lowest BCUT2D eigenvalue weighted by Crippen LogP contribution is -1.98. The third-order valence-corrected chi connectivity index (χ3v) is 3.71. The third kappa shape index (κ3) is 1.82. The average Bonchev–Trinajstić information content (AvgIpc) is 2.74. The van der Waals surface area contributed by atoms with E-state index in [1.165, 1.54) is 0 Å². The number of benzene rings is 1. The molecular weight excluding hydrogens is 250 g/mol. The maximum Gasteiger partial charge on any atom is 0.145 e. The summed E-state index contributed by atoms with van der Waals surface area (Å²) < 4.78 is 5.35. The predicted molar refractivity (Wildman–Crippen MR) is 74.2 cm³/mol. The molecule has 96 valence electrons. The van der Waals surface area contributed by atoms with Gasteiger partial charge in [-0.05, 0) is 37.5 Å². The number of ether oxygens (including phenoxy) is 1. The first-order valence-electron chi connectivity index (χ1n) is 5.61. The number of hydrogen-bond acceptors (Lipinski definition) is 3. The van der Waals surface area contributed by atoms with Crippen LogP contribution in [0.15, 0.2) is 6.07 Å². The Labute approximate surface area is 111 Å². The zero-order valence-corrected chi connectivity index (χ0v) is 11.6. The van der Waals surface area contributed by atoms with Crippen LogP contribution in [-0.4, -0.2) is 17.3 Å².